The average Bonchev–Trinajstić information content (AvgIpc) is 2.70. The van der Waals surface area contributed by atoms with E-state index in [2.05, 4.69) is 27.5 Å². The molecule has 0 aliphatic heterocycles. The Balaban J connectivity index is 1.44. The van der Waals surface area contributed by atoms with Gasteiger partial charge in [0.2, 0.25) is 0 Å². The molecule has 3 aromatic rings. The number of nitrogens with zero attached hydrogens (tertiary/aromatic N) is 3. The fourth-order valence-electron chi connectivity index (χ4n) is 3.76. The molecule has 5 heteroatoms. The highest BCUT2D eigenvalue weighted by molar-refractivity contribution is 5.84. The molecule has 0 amide bonds. The Morgan fingerprint density at radius 2 is 1.96 bits per heavy atom. The largest absolute Gasteiger partial charge is 0.379 e. The summed E-state index contributed by atoms with van der Waals surface area (Å²) in [4.78, 5) is 16.7. The Morgan fingerprint density at radius 3 is 2.73 bits per heavy atom. The first-order valence-corrected chi connectivity index (χ1v) is 9.35. The van der Waals surface area contributed by atoms with Crippen LogP contribution in [0.2, 0.25) is 0 Å². The number of fused-ring (bicyclic) bond motifs is 1. The molecule has 4 rings (SSSR count). The van der Waals surface area contributed by atoms with Crippen molar-refractivity contribution in [3.63, 3.8) is 0 Å². The molecule has 0 spiro atoms. The van der Waals surface area contributed by atoms with E-state index in [-0.39, 0.29) is 5.56 Å². The van der Waals surface area contributed by atoms with Crippen molar-refractivity contribution < 1.29 is 0 Å². The second-order valence-electron chi connectivity index (χ2n) is 7.15. The highest BCUT2D eigenvalue weighted by Crippen LogP contribution is 2.32. The maximum absolute atomic E-state index is 12.1. The van der Waals surface area contributed by atoms with Gasteiger partial charge in [-0.2, -0.15) is 5.10 Å². The lowest BCUT2D eigenvalue weighted by molar-refractivity contribution is 0.443. The van der Waals surface area contributed by atoms with Gasteiger partial charge in [0, 0.05) is 24.3 Å². The van der Waals surface area contributed by atoms with Gasteiger partial charge in [-0.15, -0.1) is 0 Å². The number of hydrogen-bond donors (Lipinski definition) is 1. The molecule has 0 saturated heterocycles. The van der Waals surface area contributed by atoms with Crippen molar-refractivity contribution in [1.82, 2.24) is 14.8 Å². The molecule has 0 unspecified atom stereocenters. The van der Waals surface area contributed by atoms with Crippen LogP contribution >= 0.6 is 0 Å². The van der Waals surface area contributed by atoms with Crippen LogP contribution in [0.4, 0.5) is 5.69 Å². The predicted molar refractivity (Wildman–Crippen MR) is 104 cm³/mol. The molecule has 0 radical (unpaired) electrons. The molecule has 26 heavy (non-hydrogen) atoms. The smallest absolute Gasteiger partial charge is 0.274 e. The third kappa shape index (κ3) is 3.47. The number of rotatable bonds is 4. The first kappa shape index (κ1) is 16.8. The summed E-state index contributed by atoms with van der Waals surface area (Å²) >= 11 is 0. The maximum Gasteiger partial charge on any atom is 0.274 e. The Bertz CT molecular complexity index is 956. The Kier molecular flexibility index (Phi) is 4.69. The normalized spacial score (nSPS) is 15.3. The minimum Gasteiger partial charge on any atom is -0.379 e. The summed E-state index contributed by atoms with van der Waals surface area (Å²) in [6.07, 6.45) is 10.4. The minimum atomic E-state index is -0.0750. The van der Waals surface area contributed by atoms with Crippen molar-refractivity contribution >= 4 is 16.5 Å². The van der Waals surface area contributed by atoms with Crippen LogP contribution in [0.5, 0.6) is 0 Å². The van der Waals surface area contributed by atoms with Crippen molar-refractivity contribution in [3.05, 3.63) is 64.3 Å². The van der Waals surface area contributed by atoms with Gasteiger partial charge in [-0.25, -0.2) is 4.68 Å². The summed E-state index contributed by atoms with van der Waals surface area (Å²) in [5.41, 5.74) is 3.28. The van der Waals surface area contributed by atoms with Crippen molar-refractivity contribution in [2.45, 2.75) is 44.6 Å². The number of nitrogens with one attached hydrogen (secondary N) is 1. The minimum absolute atomic E-state index is 0.0750. The van der Waals surface area contributed by atoms with Gasteiger partial charge in [0.05, 0.1) is 23.8 Å². The monoisotopic (exact) mass is 348 g/mol. The highest BCUT2D eigenvalue weighted by Gasteiger charge is 2.15. The molecule has 2 aromatic heterocycles. The Labute approximate surface area is 153 Å². The predicted octanol–water partition coefficient (Wildman–Crippen LogP) is 3.99. The lowest BCUT2D eigenvalue weighted by Crippen LogP contribution is -2.18. The summed E-state index contributed by atoms with van der Waals surface area (Å²) < 4.78 is 1.35. The van der Waals surface area contributed by atoms with Gasteiger partial charge >= 0.3 is 0 Å². The number of pyridine rings is 1. The molecule has 5 nitrogen and oxygen atoms in total. The number of benzene rings is 1. The zero-order valence-corrected chi connectivity index (χ0v) is 15.1. The van der Waals surface area contributed by atoms with E-state index in [1.54, 1.807) is 13.2 Å². The van der Waals surface area contributed by atoms with Crippen molar-refractivity contribution in [1.29, 1.82) is 0 Å². The van der Waals surface area contributed by atoms with Gasteiger partial charge in [0.25, 0.3) is 5.56 Å². The fraction of sp³-hybridized carbons (Fsp3) is 0.381. The van der Waals surface area contributed by atoms with Crippen LogP contribution in [0.3, 0.4) is 0 Å². The van der Waals surface area contributed by atoms with E-state index >= 15 is 0 Å². The first-order valence-electron chi connectivity index (χ1n) is 9.35. The van der Waals surface area contributed by atoms with Crippen LogP contribution in [0, 0.1) is 0 Å². The summed E-state index contributed by atoms with van der Waals surface area (Å²) in [6.45, 7) is 0.661. The van der Waals surface area contributed by atoms with E-state index in [0.717, 1.165) is 16.8 Å². The van der Waals surface area contributed by atoms with Gasteiger partial charge in [0.15, 0.2) is 0 Å². The van der Waals surface area contributed by atoms with Gasteiger partial charge in [0.1, 0.15) is 0 Å². The van der Waals surface area contributed by atoms with Crippen LogP contribution in [0.1, 0.15) is 49.3 Å². The molecule has 1 aliphatic carbocycles. The van der Waals surface area contributed by atoms with E-state index in [1.165, 1.54) is 42.3 Å². The fourth-order valence-corrected chi connectivity index (χ4v) is 3.76. The van der Waals surface area contributed by atoms with E-state index in [4.69, 9.17) is 0 Å². The second-order valence-corrected chi connectivity index (χ2v) is 7.15. The molecule has 1 aliphatic rings. The molecule has 1 fully saturated rings. The second kappa shape index (κ2) is 7.28. The molecule has 134 valence electrons. The lowest BCUT2D eigenvalue weighted by Gasteiger charge is -2.21. The lowest BCUT2D eigenvalue weighted by atomic mass is 9.85. The van der Waals surface area contributed by atoms with Gasteiger partial charge < -0.3 is 5.32 Å². The van der Waals surface area contributed by atoms with E-state index < -0.39 is 0 Å². The van der Waals surface area contributed by atoms with Gasteiger partial charge in [-0.05, 0) is 48.6 Å². The van der Waals surface area contributed by atoms with E-state index in [1.807, 2.05) is 24.4 Å². The summed E-state index contributed by atoms with van der Waals surface area (Å²) in [7, 11) is 1.66. The molecular formula is C21H24N4O. The Morgan fingerprint density at radius 1 is 1.12 bits per heavy atom. The molecule has 1 saturated carbocycles. The molecule has 0 atom stereocenters. The highest BCUT2D eigenvalue weighted by atomic mass is 16.1. The summed E-state index contributed by atoms with van der Waals surface area (Å²) in [5.74, 6) is 0.689. The molecule has 1 N–H and O–H groups in total. The SMILES string of the molecule is Cn1ncc2cc(NCc3ccc(C4CCCCC4)cn3)ccc2c1=O. The number of aromatic nitrogens is 3. The molecule has 2 heterocycles. The Hall–Kier alpha value is -2.69. The van der Waals surface area contributed by atoms with E-state index in [0.29, 0.717) is 17.8 Å². The van der Waals surface area contributed by atoms with Crippen LogP contribution in [-0.4, -0.2) is 14.8 Å². The van der Waals surface area contributed by atoms with Gasteiger partial charge in [-0.1, -0.05) is 25.3 Å². The number of hydrogen-bond acceptors (Lipinski definition) is 4. The van der Waals surface area contributed by atoms with Crippen molar-refractivity contribution in [3.8, 4) is 0 Å². The van der Waals surface area contributed by atoms with E-state index in [9.17, 15) is 4.79 Å². The zero-order chi connectivity index (χ0) is 17.9. The average molecular weight is 348 g/mol. The topological polar surface area (TPSA) is 59.8 Å². The number of anilines is 1. The van der Waals surface area contributed by atoms with Crippen LogP contribution < -0.4 is 10.9 Å². The first-order chi connectivity index (χ1) is 12.7. The van der Waals surface area contributed by atoms with Crippen LogP contribution in [-0.2, 0) is 13.6 Å². The standard InChI is InChI=1S/C21H24N4O/c1-25-21(26)20-10-9-18(11-17(20)13-24-25)23-14-19-8-7-16(12-22-19)15-5-3-2-4-6-15/h7-13,15,23H,2-6,14H2,1H3. The molecule has 1 aromatic carbocycles. The summed E-state index contributed by atoms with van der Waals surface area (Å²) in [6, 6.07) is 10.1. The maximum atomic E-state index is 12.1. The van der Waals surface area contributed by atoms with Crippen molar-refractivity contribution in [2.24, 2.45) is 7.05 Å². The third-order valence-corrected chi connectivity index (χ3v) is 5.34. The molecule has 0 bridgehead atoms. The number of aryl methyl sites for hydroxylation is 1. The zero-order valence-electron chi connectivity index (χ0n) is 15.1. The van der Waals surface area contributed by atoms with Crippen LogP contribution in [0.25, 0.3) is 10.8 Å². The van der Waals surface area contributed by atoms with Crippen molar-refractivity contribution in [2.75, 3.05) is 5.32 Å². The molecular weight excluding hydrogens is 324 g/mol. The van der Waals surface area contributed by atoms with Gasteiger partial charge in [-0.3, -0.25) is 9.78 Å². The quantitative estimate of drug-likeness (QED) is 0.774. The van der Waals surface area contributed by atoms with Crippen LogP contribution in [0.15, 0.2) is 47.5 Å². The third-order valence-electron chi connectivity index (χ3n) is 5.34. The summed E-state index contributed by atoms with van der Waals surface area (Å²) in [5, 5.41) is 9.00.